The summed E-state index contributed by atoms with van der Waals surface area (Å²) in [6.45, 7) is 11.6. The zero-order valence-electron chi connectivity index (χ0n) is 24.1. The van der Waals surface area contributed by atoms with E-state index in [2.05, 4.69) is 69.4 Å². The lowest BCUT2D eigenvalue weighted by Crippen LogP contribution is -2.41. The van der Waals surface area contributed by atoms with Gasteiger partial charge in [0.25, 0.3) is 0 Å². The third-order valence-electron chi connectivity index (χ3n) is 10.1. The van der Waals surface area contributed by atoms with Gasteiger partial charge in [0, 0.05) is 18.2 Å². The van der Waals surface area contributed by atoms with Gasteiger partial charge in [0.15, 0.2) is 0 Å². The number of nitrogens with zero attached hydrogens (tertiary/aromatic N) is 1. The van der Waals surface area contributed by atoms with Gasteiger partial charge in [0.2, 0.25) is 0 Å². The number of aromatic nitrogens is 1. The number of hydrogen-bond acceptors (Lipinski definition) is 2. The molecule has 1 aliphatic heterocycles. The second-order valence-corrected chi connectivity index (χ2v) is 19.9. The van der Waals surface area contributed by atoms with Gasteiger partial charge in [-0.25, -0.2) is 0 Å². The Labute approximate surface area is 230 Å². The minimum atomic E-state index is -0.301. The molecule has 1 aromatic rings. The van der Waals surface area contributed by atoms with Crippen LogP contribution in [0.25, 0.3) is 0 Å². The average molecular weight is 539 g/mol. The molecule has 3 saturated carbocycles. The maximum atomic E-state index is 5.01. The first kappa shape index (κ1) is 27.8. The van der Waals surface area contributed by atoms with E-state index in [1.165, 1.54) is 95.3 Å². The molecule has 2 nitrogen and oxygen atoms in total. The molecule has 3 fully saturated rings. The molecular weight excluding hydrogens is 486 g/mol. The summed E-state index contributed by atoms with van der Waals surface area (Å²) < 4.78 is 0. The standard InChI is InChI=1S/C33H52N2P2/c1-31(2,36(27-16-7-8-17-27)29-19-9-13-24-34-29)26-32(3,4)37(30-20-10-14-25-35-30)28-18-15-23-33(28)21-11-5-6-12-22-33/h9-10,13-14,19-20,24,27-28,35H,5-8,11-12,15-18,21-23,25-26H2,1-4H3. The zero-order chi connectivity index (χ0) is 25.9. The monoisotopic (exact) mass is 538 g/mol. The predicted octanol–water partition coefficient (Wildman–Crippen LogP) is 9.45. The van der Waals surface area contributed by atoms with Crippen molar-refractivity contribution in [2.45, 2.75) is 139 Å². The molecule has 0 radical (unpaired) electrons. The highest BCUT2D eigenvalue weighted by atomic mass is 31.1. The Bertz CT molecular complexity index is 936. The molecule has 1 spiro atoms. The van der Waals surface area contributed by atoms with E-state index in [1.807, 2.05) is 6.20 Å². The van der Waals surface area contributed by atoms with Crippen LogP contribution < -0.4 is 10.8 Å². The zero-order valence-corrected chi connectivity index (χ0v) is 25.9. The summed E-state index contributed by atoms with van der Waals surface area (Å²) in [6.07, 6.45) is 29.3. The van der Waals surface area contributed by atoms with Crippen LogP contribution >= 0.6 is 15.8 Å². The summed E-state index contributed by atoms with van der Waals surface area (Å²) in [5.74, 6) is 0. The van der Waals surface area contributed by atoms with Crippen molar-refractivity contribution in [1.29, 1.82) is 0 Å². The molecule has 1 aromatic heterocycles. The van der Waals surface area contributed by atoms with E-state index >= 15 is 0 Å². The van der Waals surface area contributed by atoms with Gasteiger partial charge in [-0.1, -0.05) is 90.9 Å². The van der Waals surface area contributed by atoms with E-state index in [1.54, 1.807) is 5.44 Å². The van der Waals surface area contributed by atoms with Crippen LogP contribution in [0.2, 0.25) is 0 Å². The average Bonchev–Trinajstić information content (AvgIpc) is 3.46. The largest absolute Gasteiger partial charge is 0.381 e. The second kappa shape index (κ2) is 11.8. The van der Waals surface area contributed by atoms with E-state index in [0.29, 0.717) is 10.6 Å². The van der Waals surface area contributed by atoms with Crippen LogP contribution in [0.3, 0.4) is 0 Å². The predicted molar refractivity (Wildman–Crippen MR) is 166 cm³/mol. The number of allylic oxidation sites excluding steroid dienone is 2. The molecule has 204 valence electrons. The molecule has 0 saturated heterocycles. The fraction of sp³-hybridized carbons (Fsp3) is 0.727. The van der Waals surface area contributed by atoms with Crippen molar-refractivity contribution < 1.29 is 0 Å². The summed E-state index contributed by atoms with van der Waals surface area (Å²) in [4.78, 5) is 5.01. The highest BCUT2D eigenvalue weighted by Crippen LogP contribution is 2.72. The van der Waals surface area contributed by atoms with Gasteiger partial charge < -0.3 is 5.32 Å². The molecular formula is C33H52N2P2. The van der Waals surface area contributed by atoms with Crippen LogP contribution in [0.4, 0.5) is 0 Å². The fourth-order valence-electron chi connectivity index (χ4n) is 8.95. The molecule has 0 bridgehead atoms. The Kier molecular flexibility index (Phi) is 8.88. The van der Waals surface area contributed by atoms with E-state index in [4.69, 9.17) is 4.98 Å². The SMILES string of the molecule is CC(C)(CC(C)(C)P(c1ccccn1)C1CCCC1)P(C1=CC=CCN1)C1CCCC12CCCCCC2. The van der Waals surface area contributed by atoms with Crippen LogP contribution in [0.5, 0.6) is 0 Å². The lowest BCUT2D eigenvalue weighted by atomic mass is 9.78. The molecule has 4 aliphatic rings. The minimum absolute atomic E-state index is 0.281. The van der Waals surface area contributed by atoms with Gasteiger partial charge in [0.05, 0.1) is 5.44 Å². The van der Waals surface area contributed by atoms with Crippen molar-refractivity contribution in [3.63, 3.8) is 0 Å². The van der Waals surface area contributed by atoms with Crippen LogP contribution in [-0.2, 0) is 0 Å². The van der Waals surface area contributed by atoms with Gasteiger partial charge in [-0.3, -0.25) is 4.98 Å². The number of pyridine rings is 1. The maximum absolute atomic E-state index is 5.01. The molecule has 2 heterocycles. The highest BCUT2D eigenvalue weighted by Gasteiger charge is 2.53. The third kappa shape index (κ3) is 6.07. The van der Waals surface area contributed by atoms with E-state index in [0.717, 1.165) is 17.9 Å². The van der Waals surface area contributed by atoms with Crippen molar-refractivity contribution in [3.05, 3.63) is 48.1 Å². The molecule has 4 heteroatoms. The first-order valence-electron chi connectivity index (χ1n) is 15.4. The summed E-state index contributed by atoms with van der Waals surface area (Å²) in [5.41, 5.74) is 5.34. The second-order valence-electron chi connectivity index (χ2n) is 13.7. The summed E-state index contributed by atoms with van der Waals surface area (Å²) in [7, 11) is -0.589. The van der Waals surface area contributed by atoms with Crippen LogP contribution in [0, 0.1) is 5.41 Å². The topological polar surface area (TPSA) is 24.9 Å². The molecule has 5 rings (SSSR count). The fourth-order valence-corrected chi connectivity index (χ4v) is 17.2. The number of dihydropyridines is 1. The molecule has 1 N–H and O–H groups in total. The molecule has 0 amide bonds. The summed E-state index contributed by atoms with van der Waals surface area (Å²) in [5, 5.41) is 4.52. The van der Waals surface area contributed by atoms with Gasteiger partial charge >= 0.3 is 0 Å². The number of nitrogens with one attached hydrogen (secondary N) is 1. The number of hydrogen-bond donors (Lipinski definition) is 1. The molecule has 3 unspecified atom stereocenters. The van der Waals surface area contributed by atoms with Crippen LogP contribution in [0.15, 0.2) is 48.1 Å². The van der Waals surface area contributed by atoms with Crippen molar-refractivity contribution in [3.8, 4) is 0 Å². The van der Waals surface area contributed by atoms with Gasteiger partial charge in [-0.05, 0) is 106 Å². The molecule has 0 aromatic carbocycles. The van der Waals surface area contributed by atoms with E-state index < -0.39 is 0 Å². The number of rotatable bonds is 8. The Balaban J connectivity index is 1.49. The Hall–Kier alpha value is -0.710. The van der Waals surface area contributed by atoms with Crippen LogP contribution in [-0.4, -0.2) is 33.2 Å². The third-order valence-corrected chi connectivity index (χ3v) is 17.3. The smallest absolute Gasteiger partial charge is 0.0638 e. The van der Waals surface area contributed by atoms with Gasteiger partial charge in [0.1, 0.15) is 0 Å². The van der Waals surface area contributed by atoms with Gasteiger partial charge in [-0.15, -0.1) is 0 Å². The quantitative estimate of drug-likeness (QED) is 0.333. The summed E-state index contributed by atoms with van der Waals surface area (Å²) in [6, 6.07) is 6.69. The Morgan fingerprint density at radius 3 is 2.22 bits per heavy atom. The molecule has 37 heavy (non-hydrogen) atoms. The molecule has 3 aliphatic carbocycles. The van der Waals surface area contributed by atoms with Crippen molar-refractivity contribution >= 4 is 21.3 Å². The maximum Gasteiger partial charge on any atom is 0.0638 e. The Morgan fingerprint density at radius 1 is 0.865 bits per heavy atom. The van der Waals surface area contributed by atoms with E-state index in [9.17, 15) is 0 Å². The first-order valence-corrected chi connectivity index (χ1v) is 18.3. The van der Waals surface area contributed by atoms with E-state index in [-0.39, 0.29) is 21.0 Å². The minimum Gasteiger partial charge on any atom is -0.381 e. The van der Waals surface area contributed by atoms with Crippen molar-refractivity contribution in [2.24, 2.45) is 5.41 Å². The van der Waals surface area contributed by atoms with Gasteiger partial charge in [-0.2, -0.15) is 0 Å². The normalized spacial score (nSPS) is 26.5. The highest BCUT2D eigenvalue weighted by molar-refractivity contribution is 7.68. The first-order chi connectivity index (χ1) is 17.8. The lowest BCUT2D eigenvalue weighted by molar-refractivity contribution is 0.257. The summed E-state index contributed by atoms with van der Waals surface area (Å²) >= 11 is 0. The van der Waals surface area contributed by atoms with Crippen molar-refractivity contribution in [1.82, 2.24) is 10.3 Å². The van der Waals surface area contributed by atoms with Crippen LogP contribution in [0.1, 0.15) is 118 Å². The Morgan fingerprint density at radius 2 is 1.57 bits per heavy atom. The van der Waals surface area contributed by atoms with Crippen molar-refractivity contribution in [2.75, 3.05) is 6.54 Å². The lowest BCUT2D eigenvalue weighted by Gasteiger charge is -2.51. The molecule has 3 atom stereocenters.